The average Bonchev–Trinajstić information content (AvgIpc) is 3.01. The number of hydrogen-bond donors (Lipinski definition) is 0. The Hall–Kier alpha value is -2.44. The maximum absolute atomic E-state index is 11.3. The molecule has 1 aliphatic rings. The highest BCUT2D eigenvalue weighted by molar-refractivity contribution is 5.61. The number of pyridine rings is 1. The number of hydrogen-bond acceptors (Lipinski definition) is 6. The zero-order chi connectivity index (χ0) is 14.8. The van der Waals surface area contributed by atoms with Crippen molar-refractivity contribution in [2.45, 2.75) is 25.7 Å². The van der Waals surface area contributed by atoms with Crippen LogP contribution in [0.25, 0.3) is 0 Å². The van der Waals surface area contributed by atoms with Crippen molar-refractivity contribution in [1.29, 1.82) is 0 Å². The molecule has 2 aromatic rings. The van der Waals surface area contributed by atoms with E-state index >= 15 is 0 Å². The highest BCUT2D eigenvalue weighted by Gasteiger charge is 2.29. The topological polar surface area (TPSA) is 85.3 Å². The summed E-state index contributed by atoms with van der Waals surface area (Å²) in [6, 6.07) is 1.67. The molecule has 2 aromatic heterocycles. The summed E-state index contributed by atoms with van der Waals surface area (Å²) < 4.78 is 5.34. The molecule has 0 saturated carbocycles. The number of piperidine rings is 1. The molecule has 1 fully saturated rings. The van der Waals surface area contributed by atoms with Crippen LogP contribution in [-0.4, -0.2) is 28.0 Å². The molecule has 110 valence electrons. The standard InChI is InChI=1S/C14H16N4O3/c1-10-2-5-15-13(12(10)18(19)20)17-7-3-11(4-8-17)14-16-6-9-21-14/h2,5-6,9,11H,3-4,7-8H2,1H3. The van der Waals surface area contributed by atoms with Crippen LogP contribution in [0.2, 0.25) is 0 Å². The monoisotopic (exact) mass is 288 g/mol. The van der Waals surface area contributed by atoms with Gasteiger partial charge in [0.1, 0.15) is 6.26 Å². The summed E-state index contributed by atoms with van der Waals surface area (Å²) in [5.41, 5.74) is 0.742. The Morgan fingerprint density at radius 3 is 2.71 bits per heavy atom. The minimum atomic E-state index is -0.349. The van der Waals surface area contributed by atoms with Gasteiger partial charge >= 0.3 is 5.69 Å². The Balaban J connectivity index is 1.78. The highest BCUT2D eigenvalue weighted by atomic mass is 16.6. The molecule has 3 rings (SSSR count). The molecule has 0 aromatic carbocycles. The smallest absolute Gasteiger partial charge is 0.314 e. The molecule has 1 aliphatic heterocycles. The summed E-state index contributed by atoms with van der Waals surface area (Å²) in [6.07, 6.45) is 6.56. The van der Waals surface area contributed by atoms with Gasteiger partial charge in [-0.1, -0.05) is 0 Å². The summed E-state index contributed by atoms with van der Waals surface area (Å²) in [4.78, 5) is 21.3. The van der Waals surface area contributed by atoms with Crippen molar-refractivity contribution in [3.05, 3.63) is 46.3 Å². The van der Waals surface area contributed by atoms with Crippen LogP contribution in [0.5, 0.6) is 0 Å². The molecule has 3 heterocycles. The van der Waals surface area contributed by atoms with Crippen molar-refractivity contribution < 1.29 is 9.34 Å². The van der Waals surface area contributed by atoms with E-state index in [2.05, 4.69) is 9.97 Å². The number of anilines is 1. The van der Waals surface area contributed by atoms with Crippen molar-refractivity contribution >= 4 is 11.5 Å². The Bertz CT molecular complexity index is 634. The fraction of sp³-hybridized carbons (Fsp3) is 0.429. The third-order valence-electron chi connectivity index (χ3n) is 3.88. The van der Waals surface area contributed by atoms with Gasteiger partial charge in [-0.15, -0.1) is 0 Å². The van der Waals surface area contributed by atoms with Crippen LogP contribution >= 0.6 is 0 Å². The zero-order valence-electron chi connectivity index (χ0n) is 11.7. The van der Waals surface area contributed by atoms with Crippen LogP contribution in [0, 0.1) is 17.0 Å². The van der Waals surface area contributed by atoms with Gasteiger partial charge in [0.2, 0.25) is 5.82 Å². The maximum Gasteiger partial charge on any atom is 0.314 e. The summed E-state index contributed by atoms with van der Waals surface area (Å²) in [6.45, 7) is 3.16. The van der Waals surface area contributed by atoms with Crippen LogP contribution in [0.3, 0.4) is 0 Å². The van der Waals surface area contributed by atoms with E-state index in [0.717, 1.165) is 18.7 Å². The van der Waals surface area contributed by atoms with Crippen LogP contribution in [-0.2, 0) is 0 Å². The van der Waals surface area contributed by atoms with Gasteiger partial charge in [0, 0.05) is 30.8 Å². The van der Waals surface area contributed by atoms with Gasteiger partial charge in [-0.3, -0.25) is 10.1 Å². The lowest BCUT2D eigenvalue weighted by Crippen LogP contribution is -2.34. The lowest BCUT2D eigenvalue weighted by molar-refractivity contribution is -0.384. The van der Waals surface area contributed by atoms with Gasteiger partial charge in [-0.2, -0.15) is 0 Å². The van der Waals surface area contributed by atoms with Gasteiger partial charge in [-0.05, 0) is 25.8 Å². The molecule has 0 unspecified atom stereocenters. The summed E-state index contributed by atoms with van der Waals surface area (Å²) in [5.74, 6) is 1.49. The lowest BCUT2D eigenvalue weighted by Gasteiger charge is -2.31. The lowest BCUT2D eigenvalue weighted by atomic mass is 9.96. The highest BCUT2D eigenvalue weighted by Crippen LogP contribution is 2.34. The Kier molecular flexibility index (Phi) is 3.55. The predicted molar refractivity (Wildman–Crippen MR) is 76.3 cm³/mol. The number of nitrogens with zero attached hydrogens (tertiary/aromatic N) is 4. The van der Waals surface area contributed by atoms with Gasteiger partial charge < -0.3 is 9.32 Å². The van der Waals surface area contributed by atoms with Crippen molar-refractivity contribution in [2.75, 3.05) is 18.0 Å². The van der Waals surface area contributed by atoms with E-state index in [9.17, 15) is 10.1 Å². The van der Waals surface area contributed by atoms with Gasteiger partial charge in [0.25, 0.3) is 0 Å². The quantitative estimate of drug-likeness (QED) is 0.637. The molecule has 21 heavy (non-hydrogen) atoms. The molecular formula is C14H16N4O3. The number of rotatable bonds is 3. The van der Waals surface area contributed by atoms with E-state index < -0.39 is 0 Å². The van der Waals surface area contributed by atoms with Gasteiger partial charge in [-0.25, -0.2) is 9.97 Å². The molecule has 0 atom stereocenters. The minimum absolute atomic E-state index is 0.104. The molecule has 0 amide bonds. The van der Waals surface area contributed by atoms with E-state index in [-0.39, 0.29) is 16.5 Å². The van der Waals surface area contributed by atoms with E-state index in [1.807, 2.05) is 4.90 Å². The minimum Gasteiger partial charge on any atom is -0.449 e. The van der Waals surface area contributed by atoms with Gasteiger partial charge in [0.05, 0.1) is 11.1 Å². The predicted octanol–water partition coefficient (Wildman–Crippen LogP) is 2.67. The average molecular weight is 288 g/mol. The summed E-state index contributed by atoms with van der Waals surface area (Å²) >= 11 is 0. The number of aromatic nitrogens is 2. The first-order valence-electron chi connectivity index (χ1n) is 6.91. The fourth-order valence-corrected chi connectivity index (χ4v) is 2.77. The Morgan fingerprint density at radius 2 is 2.10 bits per heavy atom. The van der Waals surface area contributed by atoms with Crippen LogP contribution in [0.1, 0.15) is 30.2 Å². The third-order valence-corrected chi connectivity index (χ3v) is 3.88. The van der Waals surface area contributed by atoms with Crippen LogP contribution in [0.4, 0.5) is 11.5 Å². The molecule has 0 spiro atoms. The molecule has 0 bridgehead atoms. The van der Waals surface area contributed by atoms with E-state index in [0.29, 0.717) is 24.5 Å². The number of nitro groups is 1. The molecule has 7 heteroatoms. The van der Waals surface area contributed by atoms with Gasteiger partial charge in [0.15, 0.2) is 5.89 Å². The SMILES string of the molecule is Cc1ccnc(N2CCC(c3ncco3)CC2)c1[N+](=O)[O-]. The Morgan fingerprint density at radius 1 is 1.33 bits per heavy atom. The normalized spacial score (nSPS) is 16.1. The molecule has 1 saturated heterocycles. The summed E-state index contributed by atoms with van der Waals surface area (Å²) in [5, 5.41) is 11.3. The van der Waals surface area contributed by atoms with E-state index in [4.69, 9.17) is 4.42 Å². The first-order valence-corrected chi connectivity index (χ1v) is 6.91. The summed E-state index contributed by atoms with van der Waals surface area (Å²) in [7, 11) is 0. The third kappa shape index (κ3) is 2.58. The second-order valence-electron chi connectivity index (χ2n) is 5.19. The molecular weight excluding hydrogens is 272 g/mol. The second-order valence-corrected chi connectivity index (χ2v) is 5.19. The van der Waals surface area contributed by atoms with Crippen molar-refractivity contribution in [1.82, 2.24) is 9.97 Å². The largest absolute Gasteiger partial charge is 0.449 e. The Labute approximate surface area is 121 Å². The molecule has 7 nitrogen and oxygen atoms in total. The first kappa shape index (κ1) is 13.5. The zero-order valence-corrected chi connectivity index (χ0v) is 11.7. The molecule has 0 N–H and O–H groups in total. The van der Waals surface area contributed by atoms with Crippen molar-refractivity contribution in [2.24, 2.45) is 0 Å². The fourth-order valence-electron chi connectivity index (χ4n) is 2.77. The number of aryl methyl sites for hydroxylation is 1. The maximum atomic E-state index is 11.3. The van der Waals surface area contributed by atoms with Crippen molar-refractivity contribution in [3.63, 3.8) is 0 Å². The first-order chi connectivity index (χ1) is 10.2. The van der Waals surface area contributed by atoms with Crippen LogP contribution < -0.4 is 4.90 Å². The van der Waals surface area contributed by atoms with E-state index in [1.165, 1.54) is 0 Å². The van der Waals surface area contributed by atoms with E-state index in [1.54, 1.807) is 31.6 Å². The second kappa shape index (κ2) is 5.51. The van der Waals surface area contributed by atoms with Crippen molar-refractivity contribution in [3.8, 4) is 0 Å². The molecule has 0 radical (unpaired) electrons. The van der Waals surface area contributed by atoms with Crippen LogP contribution in [0.15, 0.2) is 29.1 Å². The molecule has 0 aliphatic carbocycles. The number of oxazole rings is 1.